The Hall–Kier alpha value is -3.73. The van der Waals surface area contributed by atoms with E-state index in [0.29, 0.717) is 48.6 Å². The van der Waals surface area contributed by atoms with Crippen molar-refractivity contribution in [2.24, 2.45) is 17.8 Å². The van der Waals surface area contributed by atoms with Gasteiger partial charge in [0.15, 0.2) is 22.8 Å². The van der Waals surface area contributed by atoms with Crippen molar-refractivity contribution in [3.05, 3.63) is 58.2 Å². The number of ketones is 2. The summed E-state index contributed by atoms with van der Waals surface area (Å²) in [4.78, 5) is 51.2. The molecule has 1 amide bonds. The molecule has 4 bridgehead atoms. The first-order valence-corrected chi connectivity index (χ1v) is 21.5. The number of benzene rings is 1. The molecule has 10 heteroatoms. The van der Waals surface area contributed by atoms with Crippen LogP contribution in [-0.2, 0) is 20.7 Å². The van der Waals surface area contributed by atoms with E-state index in [-0.39, 0.29) is 41.1 Å². The number of Topliss-reactive ketones (excluding diaryl/α,β-unsaturated/α-hetero) is 2. The van der Waals surface area contributed by atoms with Crippen LogP contribution in [0.15, 0.2) is 41.5 Å². The first-order valence-electron chi connectivity index (χ1n) is 21.5. The standard InChI is InChI=1S/C47H63N3O7/c1-29(2)14-12-19-45(7)21-18-31-39(52)36-40(53)37-38(50-26-24-48(8)25-27-50)33-28-34-44(5,6)57-46(43(33)54,20-13-15-35(51)49-22-10-9-11-23-49)47(34,37)56-42(36)32(41(31)55-45)17-16-30(3)4/h13-16,18,21,33-34,37-38,52H,9-12,17,19-20,22-28H2,1-8H3/b15-13+/t33-,34?,37?,38?,45+,46-,47-/m0/s1. The summed E-state index contributed by atoms with van der Waals surface area (Å²) in [5.41, 5.74) is -0.725. The topological polar surface area (TPSA) is 109 Å². The normalized spacial score (nSPS) is 34.0. The van der Waals surface area contributed by atoms with Crippen LogP contribution in [0.5, 0.6) is 17.2 Å². The molecule has 9 rings (SSSR count). The minimum Gasteiger partial charge on any atom is -0.506 e. The van der Waals surface area contributed by atoms with Crippen LogP contribution in [0.25, 0.3) is 6.08 Å². The lowest BCUT2D eigenvalue weighted by Gasteiger charge is -2.65. The number of allylic oxidation sites excluding steroid dienone is 4. The first kappa shape index (κ1) is 40.1. The predicted molar refractivity (Wildman–Crippen MR) is 221 cm³/mol. The zero-order chi connectivity index (χ0) is 40.7. The number of nitrogens with zero attached hydrogens (tertiary/aromatic N) is 3. The molecular formula is C47H63N3O7. The number of piperazine rings is 1. The van der Waals surface area contributed by atoms with Crippen molar-refractivity contribution in [1.82, 2.24) is 14.7 Å². The van der Waals surface area contributed by atoms with Crippen molar-refractivity contribution < 1.29 is 33.7 Å². The van der Waals surface area contributed by atoms with Crippen molar-refractivity contribution >= 4 is 23.5 Å². The number of piperidine rings is 1. The monoisotopic (exact) mass is 781 g/mol. The molecule has 0 aromatic heterocycles. The summed E-state index contributed by atoms with van der Waals surface area (Å²) in [6.45, 7) is 18.9. The summed E-state index contributed by atoms with van der Waals surface area (Å²) < 4.78 is 21.7. The fourth-order valence-corrected chi connectivity index (χ4v) is 11.5. The fourth-order valence-electron chi connectivity index (χ4n) is 11.5. The van der Waals surface area contributed by atoms with E-state index in [2.05, 4.69) is 49.8 Å². The Bertz CT molecular complexity index is 1960. The minimum atomic E-state index is -1.53. The van der Waals surface area contributed by atoms with E-state index < -0.39 is 40.3 Å². The maximum atomic E-state index is 15.8. The zero-order valence-corrected chi connectivity index (χ0v) is 35.4. The van der Waals surface area contributed by atoms with Gasteiger partial charge in [0.1, 0.15) is 28.4 Å². The number of carbonyl (C=O) groups excluding carboxylic acids is 3. The SMILES string of the molecule is CC(C)=CCC[C@]1(C)C=Cc2c(O)c3c(c(CC=C(C)C)c2O1)O[C@]12C(C3=O)C(N3CCN(C)CC3)[C@@H]3CC1C(C)(C)O[C@@]2(C/C=C/C(=O)N1CCCCC1)C3=O. The summed E-state index contributed by atoms with van der Waals surface area (Å²) in [7, 11) is 2.10. The number of hydrogen-bond acceptors (Lipinski definition) is 9. The molecule has 1 spiro atoms. The lowest BCUT2D eigenvalue weighted by Crippen LogP contribution is -2.82. The van der Waals surface area contributed by atoms with E-state index in [9.17, 15) is 9.90 Å². The maximum absolute atomic E-state index is 15.8. The molecule has 1 aromatic carbocycles. The van der Waals surface area contributed by atoms with Gasteiger partial charge in [0, 0.05) is 69.1 Å². The maximum Gasteiger partial charge on any atom is 0.246 e. The Balaban J connectivity index is 1.31. The van der Waals surface area contributed by atoms with Gasteiger partial charge in [-0.3, -0.25) is 19.3 Å². The van der Waals surface area contributed by atoms with Gasteiger partial charge >= 0.3 is 0 Å². The summed E-state index contributed by atoms with van der Waals surface area (Å²) in [6, 6.07) is -0.422. The quantitative estimate of drug-likeness (QED) is 0.208. The van der Waals surface area contributed by atoms with Crippen LogP contribution in [-0.4, -0.2) is 112 Å². The van der Waals surface area contributed by atoms with Gasteiger partial charge in [-0.15, -0.1) is 0 Å². The van der Waals surface area contributed by atoms with Gasteiger partial charge in [0.25, 0.3) is 0 Å². The highest BCUT2D eigenvalue weighted by molar-refractivity contribution is 6.10. The number of phenols is 1. The second-order valence-electron chi connectivity index (χ2n) is 19.2. The van der Waals surface area contributed by atoms with E-state index in [1.54, 1.807) is 12.2 Å². The lowest BCUT2D eigenvalue weighted by atomic mass is 9.44. The molecule has 3 unspecified atom stereocenters. The molecule has 1 aromatic rings. The Morgan fingerprint density at radius 1 is 0.930 bits per heavy atom. The number of amides is 1. The molecule has 3 aliphatic carbocycles. The van der Waals surface area contributed by atoms with E-state index in [0.717, 1.165) is 63.9 Å². The molecule has 7 atom stereocenters. The number of aromatic hydroxyl groups is 1. The number of phenolic OH excluding ortho intramolecular Hbond substituents is 1. The van der Waals surface area contributed by atoms with Gasteiger partial charge in [-0.1, -0.05) is 29.4 Å². The van der Waals surface area contributed by atoms with E-state index in [1.807, 2.05) is 44.7 Å². The largest absolute Gasteiger partial charge is 0.506 e. The number of likely N-dealkylation sites (tertiary alicyclic amines) is 1. The van der Waals surface area contributed by atoms with E-state index >= 15 is 9.59 Å². The molecule has 0 radical (unpaired) electrons. The van der Waals surface area contributed by atoms with Crippen LogP contribution >= 0.6 is 0 Å². The van der Waals surface area contributed by atoms with Crippen molar-refractivity contribution in [3.63, 3.8) is 0 Å². The summed E-state index contributed by atoms with van der Waals surface area (Å²) >= 11 is 0. The highest BCUT2D eigenvalue weighted by atomic mass is 16.6. The molecule has 57 heavy (non-hydrogen) atoms. The van der Waals surface area contributed by atoms with Gasteiger partial charge in [-0.2, -0.15) is 0 Å². The molecule has 8 aliphatic rings. The van der Waals surface area contributed by atoms with E-state index in [4.69, 9.17) is 14.2 Å². The number of carbonyl (C=O) groups is 3. The number of fused-ring (bicyclic) bond motifs is 2. The van der Waals surface area contributed by atoms with Gasteiger partial charge in [-0.25, -0.2) is 0 Å². The van der Waals surface area contributed by atoms with Crippen LogP contribution in [0.4, 0.5) is 0 Å². The summed E-state index contributed by atoms with van der Waals surface area (Å²) in [5.74, 6) is -1.22. The van der Waals surface area contributed by atoms with Crippen molar-refractivity contribution in [3.8, 4) is 17.2 Å². The molecule has 6 fully saturated rings. The summed E-state index contributed by atoms with van der Waals surface area (Å²) in [5, 5.41) is 12.3. The van der Waals surface area contributed by atoms with Crippen LogP contribution in [0.1, 0.15) is 115 Å². The third-order valence-electron chi connectivity index (χ3n) is 14.3. The zero-order valence-electron chi connectivity index (χ0n) is 35.4. The van der Waals surface area contributed by atoms with Gasteiger partial charge in [-0.05, 0) is 119 Å². The summed E-state index contributed by atoms with van der Waals surface area (Å²) in [6.07, 6.45) is 17.3. The van der Waals surface area contributed by atoms with Crippen LogP contribution in [0.3, 0.4) is 0 Å². The number of hydrogen-bond donors (Lipinski definition) is 1. The number of ether oxygens (including phenoxy) is 3. The molecule has 5 heterocycles. The van der Waals surface area contributed by atoms with Crippen LogP contribution in [0.2, 0.25) is 0 Å². The Morgan fingerprint density at radius 2 is 1.63 bits per heavy atom. The molecule has 308 valence electrons. The average Bonchev–Trinajstić information content (AvgIpc) is 3.30. The second-order valence-corrected chi connectivity index (χ2v) is 19.2. The molecule has 1 N–H and O–H groups in total. The predicted octanol–water partition coefficient (Wildman–Crippen LogP) is 7.08. The number of rotatable bonds is 9. The molecule has 3 saturated heterocycles. The lowest BCUT2D eigenvalue weighted by molar-refractivity contribution is -0.214. The van der Waals surface area contributed by atoms with Gasteiger partial charge < -0.3 is 29.1 Å². The van der Waals surface area contributed by atoms with Crippen molar-refractivity contribution in [2.75, 3.05) is 46.3 Å². The van der Waals surface area contributed by atoms with Crippen LogP contribution in [0, 0.1) is 17.8 Å². The van der Waals surface area contributed by atoms with E-state index in [1.165, 1.54) is 5.57 Å². The highest BCUT2D eigenvalue weighted by Gasteiger charge is 2.85. The smallest absolute Gasteiger partial charge is 0.246 e. The van der Waals surface area contributed by atoms with Crippen molar-refractivity contribution in [2.45, 2.75) is 128 Å². The molecule has 3 saturated carbocycles. The first-order chi connectivity index (χ1) is 27.0. The average molecular weight is 782 g/mol. The van der Waals surface area contributed by atoms with Gasteiger partial charge in [0.2, 0.25) is 5.91 Å². The molecular weight excluding hydrogens is 719 g/mol. The van der Waals surface area contributed by atoms with Gasteiger partial charge in [0.05, 0.1) is 17.1 Å². The number of likely N-dealkylation sites (N-methyl/N-ethyl adjacent to an activating group) is 1. The molecule has 10 nitrogen and oxygen atoms in total. The third kappa shape index (κ3) is 6.35. The Kier molecular flexibility index (Phi) is 10.2. The van der Waals surface area contributed by atoms with Crippen molar-refractivity contribution in [1.29, 1.82) is 0 Å². The fraction of sp³-hybridized carbons (Fsp3) is 0.638. The minimum absolute atomic E-state index is 0.0464. The Morgan fingerprint density at radius 3 is 2.32 bits per heavy atom. The second kappa shape index (κ2) is 14.5. The highest BCUT2D eigenvalue weighted by Crippen LogP contribution is 2.71. The third-order valence-corrected chi connectivity index (χ3v) is 14.3. The Labute approximate surface area is 338 Å². The molecule has 5 aliphatic heterocycles. The van der Waals surface area contributed by atoms with Crippen LogP contribution < -0.4 is 9.47 Å².